The Hall–Kier alpha value is -1.95. The number of aliphatic hydroxyl groups excluding tert-OH is 1. The zero-order valence-electron chi connectivity index (χ0n) is 14.0. The van der Waals surface area contributed by atoms with E-state index in [-0.39, 0.29) is 24.3 Å². The van der Waals surface area contributed by atoms with Gasteiger partial charge in [0.2, 0.25) is 11.8 Å². The van der Waals surface area contributed by atoms with Gasteiger partial charge in [-0.15, -0.1) is 0 Å². The van der Waals surface area contributed by atoms with Crippen molar-refractivity contribution in [3.05, 3.63) is 35.6 Å². The number of carbonyl (C=O) groups excluding carboxylic acids is 2. The molecule has 0 radical (unpaired) electrons. The Morgan fingerprint density at radius 2 is 2.25 bits per heavy atom. The average Bonchev–Trinajstić information content (AvgIpc) is 2.55. The van der Waals surface area contributed by atoms with Gasteiger partial charge in [-0.3, -0.25) is 9.59 Å². The van der Waals surface area contributed by atoms with Crippen LogP contribution in [0.25, 0.3) is 0 Å². The second-order valence-corrected chi connectivity index (χ2v) is 6.27. The fraction of sp³-hybridized carbons (Fsp3) is 0.556. The highest BCUT2D eigenvalue weighted by Crippen LogP contribution is 2.20. The molecule has 0 bridgehead atoms. The standard InChI is InChI=1S/C18H25FN2O3/c1-2-5-17(23)20-15-8-4-9-21(12-15)18(24)11-16(22)13-6-3-7-14(19)10-13/h3,6-7,10,15-16,22H,2,4-5,8-9,11-12H2,1H3,(H,20,23). The van der Waals surface area contributed by atoms with Crippen molar-refractivity contribution in [2.75, 3.05) is 13.1 Å². The molecular formula is C18H25FN2O3. The summed E-state index contributed by atoms with van der Waals surface area (Å²) in [6, 6.07) is 5.62. The zero-order chi connectivity index (χ0) is 17.5. The van der Waals surface area contributed by atoms with Crippen LogP contribution < -0.4 is 5.32 Å². The Morgan fingerprint density at radius 3 is 2.96 bits per heavy atom. The Kier molecular flexibility index (Phi) is 6.73. The van der Waals surface area contributed by atoms with Gasteiger partial charge in [-0.05, 0) is 37.0 Å². The Balaban J connectivity index is 1.88. The minimum Gasteiger partial charge on any atom is -0.388 e. The first-order valence-corrected chi connectivity index (χ1v) is 8.50. The number of nitrogens with one attached hydrogen (secondary N) is 1. The molecule has 2 amide bonds. The molecule has 1 aliphatic rings. The summed E-state index contributed by atoms with van der Waals surface area (Å²) in [5, 5.41) is 13.1. The SMILES string of the molecule is CCCC(=O)NC1CCCN(C(=O)CC(O)c2cccc(F)c2)C1. The van der Waals surface area contributed by atoms with E-state index in [1.54, 1.807) is 11.0 Å². The number of carbonyl (C=O) groups is 2. The van der Waals surface area contributed by atoms with E-state index in [0.717, 1.165) is 19.3 Å². The number of amides is 2. The molecule has 132 valence electrons. The van der Waals surface area contributed by atoms with Gasteiger partial charge >= 0.3 is 0 Å². The van der Waals surface area contributed by atoms with Crippen molar-refractivity contribution in [1.29, 1.82) is 0 Å². The van der Waals surface area contributed by atoms with Crippen LogP contribution >= 0.6 is 0 Å². The molecule has 0 spiro atoms. The quantitative estimate of drug-likeness (QED) is 0.836. The maximum absolute atomic E-state index is 13.2. The van der Waals surface area contributed by atoms with E-state index in [1.165, 1.54) is 18.2 Å². The number of hydrogen-bond donors (Lipinski definition) is 2. The van der Waals surface area contributed by atoms with Crippen molar-refractivity contribution in [3.8, 4) is 0 Å². The predicted octanol–water partition coefficient (Wildman–Crippen LogP) is 2.16. The van der Waals surface area contributed by atoms with Crippen molar-refractivity contribution in [3.63, 3.8) is 0 Å². The molecule has 1 heterocycles. The lowest BCUT2D eigenvalue weighted by atomic mass is 10.0. The molecule has 2 rings (SSSR count). The van der Waals surface area contributed by atoms with Crippen LogP contribution in [0.2, 0.25) is 0 Å². The third-order valence-electron chi connectivity index (χ3n) is 4.22. The number of benzene rings is 1. The fourth-order valence-corrected chi connectivity index (χ4v) is 2.97. The highest BCUT2D eigenvalue weighted by Gasteiger charge is 2.26. The Bertz CT molecular complexity index is 579. The van der Waals surface area contributed by atoms with E-state index in [9.17, 15) is 19.1 Å². The first-order chi connectivity index (χ1) is 11.5. The molecule has 1 aromatic carbocycles. The number of rotatable bonds is 6. The van der Waals surface area contributed by atoms with Crippen LogP contribution in [0.5, 0.6) is 0 Å². The molecule has 2 N–H and O–H groups in total. The molecule has 5 nitrogen and oxygen atoms in total. The third-order valence-corrected chi connectivity index (χ3v) is 4.22. The van der Waals surface area contributed by atoms with Gasteiger partial charge in [0, 0.05) is 25.6 Å². The van der Waals surface area contributed by atoms with E-state index < -0.39 is 11.9 Å². The summed E-state index contributed by atoms with van der Waals surface area (Å²) in [6.07, 6.45) is 1.84. The molecule has 1 saturated heterocycles. The molecule has 6 heteroatoms. The van der Waals surface area contributed by atoms with Crippen molar-refractivity contribution in [2.45, 2.75) is 51.2 Å². The second-order valence-electron chi connectivity index (χ2n) is 6.27. The van der Waals surface area contributed by atoms with Crippen molar-refractivity contribution in [2.24, 2.45) is 0 Å². The van der Waals surface area contributed by atoms with Crippen molar-refractivity contribution >= 4 is 11.8 Å². The largest absolute Gasteiger partial charge is 0.388 e. The highest BCUT2D eigenvalue weighted by atomic mass is 19.1. The number of nitrogens with zero attached hydrogens (tertiary/aromatic N) is 1. The molecule has 1 fully saturated rings. The zero-order valence-corrected chi connectivity index (χ0v) is 14.0. The summed E-state index contributed by atoms with van der Waals surface area (Å²) in [7, 11) is 0. The summed E-state index contributed by atoms with van der Waals surface area (Å²) in [5.41, 5.74) is 0.396. The number of piperidine rings is 1. The molecule has 0 aliphatic carbocycles. The number of aliphatic hydroxyl groups is 1. The van der Waals surface area contributed by atoms with E-state index in [2.05, 4.69) is 5.32 Å². The normalized spacial score (nSPS) is 19.0. The van der Waals surface area contributed by atoms with E-state index in [4.69, 9.17) is 0 Å². The second kappa shape index (κ2) is 8.78. The van der Waals surface area contributed by atoms with Crippen LogP contribution in [-0.2, 0) is 9.59 Å². The van der Waals surface area contributed by atoms with Crippen LogP contribution in [0.1, 0.15) is 50.7 Å². The topological polar surface area (TPSA) is 69.6 Å². The highest BCUT2D eigenvalue weighted by molar-refractivity contribution is 5.78. The molecule has 2 atom stereocenters. The van der Waals surface area contributed by atoms with E-state index >= 15 is 0 Å². The molecular weight excluding hydrogens is 311 g/mol. The van der Waals surface area contributed by atoms with Crippen LogP contribution in [0.15, 0.2) is 24.3 Å². The van der Waals surface area contributed by atoms with Gasteiger partial charge in [0.15, 0.2) is 0 Å². The molecule has 0 saturated carbocycles. The number of hydrogen-bond acceptors (Lipinski definition) is 3. The summed E-state index contributed by atoms with van der Waals surface area (Å²) in [4.78, 5) is 25.7. The average molecular weight is 336 g/mol. The van der Waals surface area contributed by atoms with Gasteiger partial charge in [0.25, 0.3) is 0 Å². The first-order valence-electron chi connectivity index (χ1n) is 8.50. The van der Waals surface area contributed by atoms with Gasteiger partial charge in [-0.1, -0.05) is 19.1 Å². The smallest absolute Gasteiger partial charge is 0.225 e. The van der Waals surface area contributed by atoms with E-state index in [0.29, 0.717) is 25.1 Å². The summed E-state index contributed by atoms with van der Waals surface area (Å²) < 4.78 is 13.2. The van der Waals surface area contributed by atoms with Gasteiger partial charge in [-0.25, -0.2) is 4.39 Å². The van der Waals surface area contributed by atoms with Gasteiger partial charge < -0.3 is 15.3 Å². The first kappa shape index (κ1) is 18.4. The molecule has 1 aliphatic heterocycles. The van der Waals surface area contributed by atoms with Crippen LogP contribution in [0.4, 0.5) is 4.39 Å². The summed E-state index contributed by atoms with van der Waals surface area (Å²) >= 11 is 0. The van der Waals surface area contributed by atoms with Crippen molar-refractivity contribution < 1.29 is 19.1 Å². The fourth-order valence-electron chi connectivity index (χ4n) is 2.97. The summed E-state index contributed by atoms with van der Waals surface area (Å²) in [5.74, 6) is -0.603. The van der Waals surface area contributed by atoms with Crippen molar-refractivity contribution in [1.82, 2.24) is 10.2 Å². The van der Waals surface area contributed by atoms with Gasteiger partial charge in [-0.2, -0.15) is 0 Å². The molecule has 2 unspecified atom stereocenters. The molecule has 1 aromatic rings. The maximum Gasteiger partial charge on any atom is 0.225 e. The third kappa shape index (κ3) is 5.30. The monoisotopic (exact) mass is 336 g/mol. The van der Waals surface area contributed by atoms with Crippen LogP contribution in [0, 0.1) is 5.82 Å². The van der Waals surface area contributed by atoms with E-state index in [1.807, 2.05) is 6.92 Å². The Morgan fingerprint density at radius 1 is 1.46 bits per heavy atom. The molecule has 24 heavy (non-hydrogen) atoms. The predicted molar refractivity (Wildman–Crippen MR) is 88.6 cm³/mol. The lowest BCUT2D eigenvalue weighted by Gasteiger charge is -2.33. The van der Waals surface area contributed by atoms with Crippen LogP contribution in [0.3, 0.4) is 0 Å². The van der Waals surface area contributed by atoms with Crippen LogP contribution in [-0.4, -0.2) is 41.0 Å². The lowest BCUT2D eigenvalue weighted by molar-refractivity contribution is -0.135. The minimum atomic E-state index is -1.02. The van der Waals surface area contributed by atoms with Gasteiger partial charge in [0.05, 0.1) is 12.5 Å². The lowest BCUT2D eigenvalue weighted by Crippen LogP contribution is -2.49. The van der Waals surface area contributed by atoms with Gasteiger partial charge in [0.1, 0.15) is 5.82 Å². The minimum absolute atomic E-state index is 0.0107. The number of likely N-dealkylation sites (tertiary alicyclic amines) is 1. The summed E-state index contributed by atoms with van der Waals surface area (Å²) in [6.45, 7) is 3.03. The number of halogens is 1. The Labute approximate surface area is 141 Å². The maximum atomic E-state index is 13.2. The molecule has 0 aromatic heterocycles.